The van der Waals surface area contributed by atoms with Crippen LogP contribution in [0.5, 0.6) is 0 Å². The molecule has 0 unspecified atom stereocenters. The van der Waals surface area contributed by atoms with E-state index in [2.05, 4.69) is 12.2 Å². The maximum Gasteiger partial charge on any atom is 0.251 e. The summed E-state index contributed by atoms with van der Waals surface area (Å²) in [6, 6.07) is 5.32. The van der Waals surface area contributed by atoms with Crippen LogP contribution in [0.1, 0.15) is 17.3 Å². The Balaban J connectivity index is 2.99. The van der Waals surface area contributed by atoms with Gasteiger partial charge in [-0.2, -0.15) is 0 Å². The molecular weight excluding hydrogens is 196 g/mol. The number of amides is 1. The molecule has 0 aliphatic heterocycles. The third-order valence-electron chi connectivity index (χ3n) is 1.80. The van der Waals surface area contributed by atoms with E-state index >= 15 is 0 Å². The standard InChI is InChI=1S/C10H14N2OS/c1-3-14-9-6-7(10(13)12-2)4-5-8(9)11/h4-6H,3,11H2,1-2H3,(H,12,13). The van der Waals surface area contributed by atoms with Gasteiger partial charge < -0.3 is 11.1 Å². The van der Waals surface area contributed by atoms with Crippen molar-refractivity contribution in [2.45, 2.75) is 11.8 Å². The Hall–Kier alpha value is -1.16. The molecule has 1 rings (SSSR count). The monoisotopic (exact) mass is 210 g/mol. The molecule has 0 saturated heterocycles. The van der Waals surface area contributed by atoms with Crippen molar-refractivity contribution >= 4 is 23.4 Å². The second-order valence-electron chi connectivity index (χ2n) is 2.76. The largest absolute Gasteiger partial charge is 0.398 e. The molecule has 0 heterocycles. The number of hydrogen-bond acceptors (Lipinski definition) is 3. The third kappa shape index (κ3) is 2.42. The average Bonchev–Trinajstić information content (AvgIpc) is 2.20. The highest BCUT2D eigenvalue weighted by Gasteiger charge is 2.06. The first kappa shape index (κ1) is 10.9. The lowest BCUT2D eigenvalue weighted by atomic mass is 10.2. The molecular formula is C10H14N2OS. The Kier molecular flexibility index (Phi) is 3.83. The van der Waals surface area contributed by atoms with E-state index in [4.69, 9.17) is 5.73 Å². The van der Waals surface area contributed by atoms with E-state index in [-0.39, 0.29) is 5.91 Å². The fourth-order valence-electron chi connectivity index (χ4n) is 1.10. The molecule has 3 nitrogen and oxygen atoms in total. The van der Waals surface area contributed by atoms with E-state index in [0.29, 0.717) is 5.56 Å². The predicted molar refractivity (Wildman–Crippen MR) is 60.6 cm³/mol. The fraction of sp³-hybridized carbons (Fsp3) is 0.300. The molecule has 0 aliphatic rings. The minimum atomic E-state index is -0.0806. The summed E-state index contributed by atoms with van der Waals surface area (Å²) in [7, 11) is 1.62. The SMILES string of the molecule is CCSc1cc(C(=O)NC)ccc1N. The van der Waals surface area contributed by atoms with Crippen LogP contribution in [0.2, 0.25) is 0 Å². The molecule has 0 fully saturated rings. The molecule has 0 spiro atoms. The summed E-state index contributed by atoms with van der Waals surface area (Å²) in [5.41, 5.74) is 7.14. The first-order chi connectivity index (χ1) is 6.69. The number of carbonyl (C=O) groups is 1. The zero-order chi connectivity index (χ0) is 10.6. The Bertz CT molecular complexity index is 339. The van der Waals surface area contributed by atoms with Crippen molar-refractivity contribution in [1.82, 2.24) is 5.32 Å². The van der Waals surface area contributed by atoms with Crippen LogP contribution in [0.3, 0.4) is 0 Å². The second-order valence-corrected chi connectivity index (χ2v) is 4.07. The average molecular weight is 210 g/mol. The Morgan fingerprint density at radius 1 is 1.57 bits per heavy atom. The molecule has 3 N–H and O–H groups in total. The highest BCUT2D eigenvalue weighted by atomic mass is 32.2. The molecule has 0 radical (unpaired) electrons. The van der Waals surface area contributed by atoms with Crippen LogP contribution in [0.15, 0.2) is 23.1 Å². The summed E-state index contributed by atoms with van der Waals surface area (Å²) >= 11 is 1.64. The van der Waals surface area contributed by atoms with E-state index < -0.39 is 0 Å². The molecule has 76 valence electrons. The lowest BCUT2D eigenvalue weighted by molar-refractivity contribution is 0.0963. The first-order valence-electron chi connectivity index (χ1n) is 4.43. The molecule has 0 bridgehead atoms. The zero-order valence-corrected chi connectivity index (χ0v) is 9.15. The van der Waals surface area contributed by atoms with Gasteiger partial charge >= 0.3 is 0 Å². The molecule has 0 aliphatic carbocycles. The van der Waals surface area contributed by atoms with E-state index in [9.17, 15) is 4.79 Å². The molecule has 1 aromatic rings. The van der Waals surface area contributed by atoms with Crippen LogP contribution < -0.4 is 11.1 Å². The number of nitrogens with one attached hydrogen (secondary N) is 1. The normalized spacial score (nSPS) is 9.86. The molecule has 0 saturated carbocycles. The Morgan fingerprint density at radius 3 is 2.86 bits per heavy atom. The van der Waals surface area contributed by atoms with Crippen LogP contribution >= 0.6 is 11.8 Å². The van der Waals surface area contributed by atoms with Crippen LogP contribution in [-0.2, 0) is 0 Å². The van der Waals surface area contributed by atoms with Crippen molar-refractivity contribution in [3.63, 3.8) is 0 Å². The van der Waals surface area contributed by atoms with Gasteiger partial charge in [-0.05, 0) is 24.0 Å². The number of thioether (sulfide) groups is 1. The number of carbonyl (C=O) groups excluding carboxylic acids is 1. The summed E-state index contributed by atoms with van der Waals surface area (Å²) in [5, 5.41) is 2.58. The topological polar surface area (TPSA) is 55.1 Å². The third-order valence-corrected chi connectivity index (χ3v) is 2.76. The molecule has 1 aromatic carbocycles. The predicted octanol–water partition coefficient (Wildman–Crippen LogP) is 1.74. The fourth-order valence-corrected chi connectivity index (χ4v) is 1.86. The van der Waals surface area contributed by atoms with E-state index in [1.54, 1.807) is 30.9 Å². The lowest BCUT2D eigenvalue weighted by Gasteiger charge is -2.06. The summed E-state index contributed by atoms with van der Waals surface area (Å²) in [6.45, 7) is 2.05. The summed E-state index contributed by atoms with van der Waals surface area (Å²) in [6.07, 6.45) is 0. The minimum absolute atomic E-state index is 0.0806. The number of hydrogen-bond donors (Lipinski definition) is 2. The molecule has 14 heavy (non-hydrogen) atoms. The van der Waals surface area contributed by atoms with Crippen molar-refractivity contribution in [2.75, 3.05) is 18.5 Å². The summed E-state index contributed by atoms with van der Waals surface area (Å²) in [5.74, 6) is 0.865. The summed E-state index contributed by atoms with van der Waals surface area (Å²) in [4.78, 5) is 12.3. The second kappa shape index (κ2) is 4.91. The highest BCUT2D eigenvalue weighted by molar-refractivity contribution is 7.99. The van der Waals surface area contributed by atoms with Crippen LogP contribution in [-0.4, -0.2) is 18.7 Å². The quantitative estimate of drug-likeness (QED) is 0.590. The number of nitrogen functional groups attached to an aromatic ring is 1. The van der Waals surface area contributed by atoms with Crippen LogP contribution in [0, 0.1) is 0 Å². The maximum atomic E-state index is 11.3. The van der Waals surface area contributed by atoms with Crippen LogP contribution in [0.4, 0.5) is 5.69 Å². The molecule has 0 aromatic heterocycles. The van der Waals surface area contributed by atoms with Gasteiger partial charge in [0.25, 0.3) is 5.91 Å². The lowest BCUT2D eigenvalue weighted by Crippen LogP contribution is -2.17. The van der Waals surface area contributed by atoms with Crippen molar-refractivity contribution in [3.05, 3.63) is 23.8 Å². The van der Waals surface area contributed by atoms with Gasteiger partial charge in [0.2, 0.25) is 0 Å². The molecule has 0 atom stereocenters. The molecule has 1 amide bonds. The van der Waals surface area contributed by atoms with E-state index in [0.717, 1.165) is 16.3 Å². The first-order valence-corrected chi connectivity index (χ1v) is 5.42. The van der Waals surface area contributed by atoms with Gasteiger partial charge in [-0.1, -0.05) is 6.92 Å². The summed E-state index contributed by atoms with van der Waals surface area (Å²) < 4.78 is 0. The van der Waals surface area contributed by atoms with Gasteiger partial charge in [0.05, 0.1) is 0 Å². The van der Waals surface area contributed by atoms with Crippen molar-refractivity contribution in [2.24, 2.45) is 0 Å². The van der Waals surface area contributed by atoms with Gasteiger partial charge in [0.15, 0.2) is 0 Å². The van der Waals surface area contributed by atoms with Crippen molar-refractivity contribution in [1.29, 1.82) is 0 Å². The smallest absolute Gasteiger partial charge is 0.251 e. The highest BCUT2D eigenvalue weighted by Crippen LogP contribution is 2.25. The Morgan fingerprint density at radius 2 is 2.29 bits per heavy atom. The van der Waals surface area contributed by atoms with E-state index in [1.165, 1.54) is 0 Å². The molecule has 4 heteroatoms. The number of rotatable bonds is 3. The Labute approximate surface area is 88.1 Å². The zero-order valence-electron chi connectivity index (χ0n) is 8.33. The maximum absolute atomic E-state index is 11.3. The van der Waals surface area contributed by atoms with Gasteiger partial charge in [-0.15, -0.1) is 11.8 Å². The number of anilines is 1. The van der Waals surface area contributed by atoms with Crippen molar-refractivity contribution < 1.29 is 4.79 Å². The van der Waals surface area contributed by atoms with Crippen molar-refractivity contribution in [3.8, 4) is 0 Å². The van der Waals surface area contributed by atoms with Crippen LogP contribution in [0.25, 0.3) is 0 Å². The van der Waals surface area contributed by atoms with Gasteiger partial charge in [-0.3, -0.25) is 4.79 Å². The number of nitrogens with two attached hydrogens (primary N) is 1. The number of benzene rings is 1. The van der Waals surface area contributed by atoms with Gasteiger partial charge in [0, 0.05) is 23.2 Å². The van der Waals surface area contributed by atoms with Gasteiger partial charge in [-0.25, -0.2) is 0 Å². The minimum Gasteiger partial charge on any atom is -0.398 e. The van der Waals surface area contributed by atoms with E-state index in [1.807, 2.05) is 6.07 Å². The van der Waals surface area contributed by atoms with Gasteiger partial charge in [0.1, 0.15) is 0 Å².